The Hall–Kier alpha value is -1.84. The number of aliphatic carboxylic acids is 1. The Morgan fingerprint density at radius 1 is 1.39 bits per heavy atom. The Kier molecular flexibility index (Phi) is 3.36. The van der Waals surface area contributed by atoms with Crippen molar-refractivity contribution >= 4 is 11.9 Å². The number of rotatable bonds is 3. The van der Waals surface area contributed by atoms with Gasteiger partial charge in [0.1, 0.15) is 5.92 Å². The highest BCUT2D eigenvalue weighted by Gasteiger charge is 2.38. The molecule has 0 fully saturated rings. The normalized spacial score (nSPS) is 22.5. The van der Waals surface area contributed by atoms with Crippen LogP contribution in [0.1, 0.15) is 42.1 Å². The molecule has 0 aliphatic carbocycles. The summed E-state index contributed by atoms with van der Waals surface area (Å²) in [6, 6.07) is 6.61. The first-order valence-electron chi connectivity index (χ1n) is 6.13. The van der Waals surface area contributed by atoms with E-state index in [9.17, 15) is 14.7 Å². The molecule has 18 heavy (non-hydrogen) atoms. The average molecular weight is 247 g/mol. The summed E-state index contributed by atoms with van der Waals surface area (Å²) in [5.41, 5.74) is 1.10. The molecule has 1 aliphatic heterocycles. The van der Waals surface area contributed by atoms with Gasteiger partial charge in [-0.3, -0.25) is 9.59 Å². The van der Waals surface area contributed by atoms with Gasteiger partial charge < -0.3 is 10.4 Å². The third-order valence-corrected chi connectivity index (χ3v) is 3.25. The van der Waals surface area contributed by atoms with Gasteiger partial charge in [-0.25, -0.2) is 0 Å². The van der Waals surface area contributed by atoms with Crippen molar-refractivity contribution in [2.45, 2.75) is 32.2 Å². The van der Waals surface area contributed by atoms with Gasteiger partial charge in [-0.1, -0.05) is 32.0 Å². The maximum atomic E-state index is 11.9. The number of amides is 1. The van der Waals surface area contributed by atoms with Gasteiger partial charge >= 0.3 is 5.97 Å². The van der Waals surface area contributed by atoms with Crippen molar-refractivity contribution < 1.29 is 14.7 Å². The minimum absolute atomic E-state index is 0.172. The maximum Gasteiger partial charge on any atom is 0.313 e. The SMILES string of the molecule is CC(C)C[C@H]1NC(=O)c2ccccc2[C@@H]1C(=O)O. The Balaban J connectivity index is 2.43. The molecule has 1 aliphatic rings. The molecule has 0 saturated heterocycles. The van der Waals surface area contributed by atoms with E-state index in [1.54, 1.807) is 24.3 Å². The molecule has 0 unspecified atom stereocenters. The topological polar surface area (TPSA) is 66.4 Å². The van der Waals surface area contributed by atoms with E-state index in [4.69, 9.17) is 0 Å². The van der Waals surface area contributed by atoms with Crippen LogP contribution in [-0.2, 0) is 4.79 Å². The lowest BCUT2D eigenvalue weighted by Gasteiger charge is -2.32. The number of carboxylic acid groups (broad SMARTS) is 1. The molecule has 4 heteroatoms. The predicted octanol–water partition coefficient (Wildman–Crippen LogP) is 2.01. The van der Waals surface area contributed by atoms with Crippen LogP contribution in [0.2, 0.25) is 0 Å². The molecule has 96 valence electrons. The molecule has 2 atom stereocenters. The van der Waals surface area contributed by atoms with Gasteiger partial charge in [0, 0.05) is 11.6 Å². The second kappa shape index (κ2) is 4.80. The highest BCUT2D eigenvalue weighted by atomic mass is 16.4. The van der Waals surface area contributed by atoms with Gasteiger partial charge in [0.2, 0.25) is 0 Å². The zero-order chi connectivity index (χ0) is 13.3. The molecule has 4 nitrogen and oxygen atoms in total. The van der Waals surface area contributed by atoms with E-state index in [2.05, 4.69) is 5.32 Å². The summed E-state index contributed by atoms with van der Waals surface area (Å²) in [7, 11) is 0. The zero-order valence-electron chi connectivity index (χ0n) is 10.5. The van der Waals surface area contributed by atoms with Crippen LogP contribution >= 0.6 is 0 Å². The molecule has 0 bridgehead atoms. The van der Waals surface area contributed by atoms with Crippen LogP contribution < -0.4 is 5.32 Å². The fraction of sp³-hybridized carbons (Fsp3) is 0.429. The van der Waals surface area contributed by atoms with Crippen molar-refractivity contribution in [1.29, 1.82) is 0 Å². The molecule has 1 heterocycles. The molecule has 0 saturated carbocycles. The van der Waals surface area contributed by atoms with Gasteiger partial charge in [0.25, 0.3) is 5.91 Å². The van der Waals surface area contributed by atoms with Gasteiger partial charge in [0.15, 0.2) is 0 Å². The summed E-state index contributed by atoms with van der Waals surface area (Å²) in [6.07, 6.45) is 0.664. The van der Waals surface area contributed by atoms with E-state index < -0.39 is 11.9 Å². The Labute approximate surface area is 106 Å². The van der Waals surface area contributed by atoms with Crippen molar-refractivity contribution in [1.82, 2.24) is 5.32 Å². The number of hydrogen-bond acceptors (Lipinski definition) is 2. The van der Waals surface area contributed by atoms with E-state index in [-0.39, 0.29) is 11.9 Å². The first kappa shape index (κ1) is 12.6. The van der Waals surface area contributed by atoms with Crippen LogP contribution in [0.15, 0.2) is 24.3 Å². The smallest absolute Gasteiger partial charge is 0.313 e. The van der Waals surface area contributed by atoms with Crippen molar-refractivity contribution in [3.8, 4) is 0 Å². The molecular weight excluding hydrogens is 230 g/mol. The molecule has 1 aromatic carbocycles. The van der Waals surface area contributed by atoms with Crippen LogP contribution in [0, 0.1) is 5.92 Å². The molecular formula is C14H17NO3. The maximum absolute atomic E-state index is 11.9. The van der Waals surface area contributed by atoms with Gasteiger partial charge in [-0.2, -0.15) is 0 Å². The molecule has 2 rings (SSSR count). The van der Waals surface area contributed by atoms with Crippen LogP contribution in [0.3, 0.4) is 0 Å². The minimum atomic E-state index is -0.881. The second-order valence-electron chi connectivity index (χ2n) is 5.11. The van der Waals surface area contributed by atoms with Crippen LogP contribution in [0.5, 0.6) is 0 Å². The largest absolute Gasteiger partial charge is 0.481 e. The quantitative estimate of drug-likeness (QED) is 0.858. The average Bonchev–Trinajstić information content (AvgIpc) is 2.27. The minimum Gasteiger partial charge on any atom is -0.481 e. The third-order valence-electron chi connectivity index (χ3n) is 3.25. The Morgan fingerprint density at radius 2 is 2.06 bits per heavy atom. The third kappa shape index (κ3) is 2.23. The number of fused-ring (bicyclic) bond motifs is 1. The molecule has 1 amide bonds. The van der Waals surface area contributed by atoms with E-state index in [0.717, 1.165) is 0 Å². The molecule has 1 aromatic rings. The van der Waals surface area contributed by atoms with Crippen molar-refractivity contribution in [3.63, 3.8) is 0 Å². The lowest BCUT2D eigenvalue weighted by Crippen LogP contribution is -2.47. The summed E-state index contributed by atoms with van der Waals surface area (Å²) in [6.45, 7) is 4.04. The number of benzene rings is 1. The standard InChI is InChI=1S/C14H17NO3/c1-8(2)7-11-12(14(17)18)9-5-3-4-6-10(9)13(16)15-11/h3-6,8,11-12H,7H2,1-2H3,(H,15,16)(H,17,18)/t11-,12+/m1/s1. The highest BCUT2D eigenvalue weighted by Crippen LogP contribution is 2.31. The zero-order valence-corrected chi connectivity index (χ0v) is 10.5. The van der Waals surface area contributed by atoms with Crippen LogP contribution in [-0.4, -0.2) is 23.0 Å². The van der Waals surface area contributed by atoms with Gasteiger partial charge in [-0.05, 0) is 24.0 Å². The first-order chi connectivity index (χ1) is 8.50. The number of nitrogens with one attached hydrogen (secondary N) is 1. The van der Waals surface area contributed by atoms with E-state index in [1.807, 2.05) is 13.8 Å². The summed E-state index contributed by atoms with van der Waals surface area (Å²) in [4.78, 5) is 23.4. The van der Waals surface area contributed by atoms with Gasteiger partial charge in [0.05, 0.1) is 0 Å². The first-order valence-corrected chi connectivity index (χ1v) is 6.13. The number of hydrogen-bond donors (Lipinski definition) is 2. The predicted molar refractivity (Wildman–Crippen MR) is 67.5 cm³/mol. The van der Waals surface area contributed by atoms with Crippen LogP contribution in [0.4, 0.5) is 0 Å². The summed E-state index contributed by atoms with van der Waals surface area (Å²) in [5.74, 6) is -1.37. The van der Waals surface area contributed by atoms with E-state index in [1.165, 1.54) is 0 Å². The summed E-state index contributed by atoms with van der Waals surface area (Å²) in [5, 5.41) is 12.2. The number of carboxylic acids is 1. The molecule has 0 aromatic heterocycles. The van der Waals surface area contributed by atoms with Crippen molar-refractivity contribution in [3.05, 3.63) is 35.4 Å². The van der Waals surface area contributed by atoms with Crippen molar-refractivity contribution in [2.24, 2.45) is 5.92 Å². The monoisotopic (exact) mass is 247 g/mol. The molecule has 0 spiro atoms. The van der Waals surface area contributed by atoms with Crippen LogP contribution in [0.25, 0.3) is 0 Å². The van der Waals surface area contributed by atoms with Crippen molar-refractivity contribution in [2.75, 3.05) is 0 Å². The van der Waals surface area contributed by atoms with E-state index >= 15 is 0 Å². The molecule has 2 N–H and O–H groups in total. The highest BCUT2D eigenvalue weighted by molar-refractivity contribution is 6.00. The number of carbonyl (C=O) groups is 2. The fourth-order valence-corrected chi connectivity index (χ4v) is 2.53. The second-order valence-corrected chi connectivity index (χ2v) is 5.11. The van der Waals surface area contributed by atoms with Gasteiger partial charge in [-0.15, -0.1) is 0 Å². The number of carbonyl (C=O) groups excluding carboxylic acids is 1. The Morgan fingerprint density at radius 3 is 2.67 bits per heavy atom. The molecule has 0 radical (unpaired) electrons. The lowest BCUT2D eigenvalue weighted by molar-refractivity contribution is -0.139. The summed E-state index contributed by atoms with van der Waals surface area (Å²) >= 11 is 0. The Bertz CT molecular complexity index is 482. The lowest BCUT2D eigenvalue weighted by atomic mass is 9.81. The van der Waals surface area contributed by atoms with E-state index in [0.29, 0.717) is 23.5 Å². The fourth-order valence-electron chi connectivity index (χ4n) is 2.53. The summed E-state index contributed by atoms with van der Waals surface area (Å²) < 4.78 is 0.